The molecule has 1 atom stereocenters. The second kappa shape index (κ2) is 7.59. The van der Waals surface area contributed by atoms with Gasteiger partial charge in [0.2, 0.25) is 5.43 Å². The third-order valence-corrected chi connectivity index (χ3v) is 5.63. The molecule has 0 unspecified atom stereocenters. The predicted molar refractivity (Wildman–Crippen MR) is 112 cm³/mol. The van der Waals surface area contributed by atoms with Crippen molar-refractivity contribution in [2.24, 2.45) is 0 Å². The van der Waals surface area contributed by atoms with E-state index in [1.165, 1.54) is 6.07 Å². The standard InChI is InChI=1S/C24H24N2O3/c1-16(2)26-15-19(25-14-13-20(27)23(28)22(25)24(26)29)21(17-9-5-3-6-10-17)18-11-7-4-8-12-18/h3-14,16,19,21,28H,15H2,1-2H3/t19-/m1/s1. The molecule has 148 valence electrons. The molecule has 1 N–H and O–H groups in total. The molecule has 3 aromatic rings. The molecule has 0 bridgehead atoms. The molecule has 0 fully saturated rings. The predicted octanol–water partition coefficient (Wildman–Crippen LogP) is 3.79. The molecule has 2 aromatic carbocycles. The maximum absolute atomic E-state index is 13.1. The van der Waals surface area contributed by atoms with E-state index in [0.717, 1.165) is 11.1 Å². The summed E-state index contributed by atoms with van der Waals surface area (Å²) in [4.78, 5) is 26.9. The van der Waals surface area contributed by atoms with Crippen LogP contribution in [0, 0.1) is 0 Å². The molecule has 5 heteroatoms. The van der Waals surface area contributed by atoms with Crippen molar-refractivity contribution < 1.29 is 9.90 Å². The molecule has 1 amide bonds. The first-order valence-corrected chi connectivity index (χ1v) is 9.84. The number of amides is 1. The molecule has 1 aliphatic rings. The zero-order valence-electron chi connectivity index (χ0n) is 16.5. The number of aromatic nitrogens is 1. The van der Waals surface area contributed by atoms with E-state index in [4.69, 9.17) is 0 Å². The third-order valence-electron chi connectivity index (χ3n) is 5.63. The fraction of sp³-hybridized carbons (Fsp3) is 0.250. The van der Waals surface area contributed by atoms with Gasteiger partial charge in [-0.15, -0.1) is 0 Å². The van der Waals surface area contributed by atoms with Gasteiger partial charge in [-0.1, -0.05) is 60.7 Å². The molecular weight excluding hydrogens is 364 g/mol. The van der Waals surface area contributed by atoms with Gasteiger partial charge in [0.15, 0.2) is 11.4 Å². The number of fused-ring (bicyclic) bond motifs is 1. The van der Waals surface area contributed by atoms with Gasteiger partial charge in [0, 0.05) is 30.8 Å². The average molecular weight is 388 g/mol. The van der Waals surface area contributed by atoms with Gasteiger partial charge in [-0.3, -0.25) is 9.59 Å². The Bertz CT molecular complexity index is 1030. The first-order chi connectivity index (χ1) is 14.0. The molecule has 1 aliphatic heterocycles. The summed E-state index contributed by atoms with van der Waals surface area (Å²) in [5, 5.41) is 10.5. The lowest BCUT2D eigenvalue weighted by Crippen LogP contribution is -2.48. The van der Waals surface area contributed by atoms with E-state index in [9.17, 15) is 14.7 Å². The third kappa shape index (κ3) is 3.33. The van der Waals surface area contributed by atoms with Crippen molar-refractivity contribution >= 4 is 5.91 Å². The SMILES string of the molecule is CC(C)N1C[C@H](C(c2ccccc2)c2ccccc2)n2ccc(=O)c(O)c2C1=O. The summed E-state index contributed by atoms with van der Waals surface area (Å²) in [6.45, 7) is 4.38. The van der Waals surface area contributed by atoms with Crippen molar-refractivity contribution in [3.05, 3.63) is 100.0 Å². The van der Waals surface area contributed by atoms with E-state index in [2.05, 4.69) is 24.3 Å². The van der Waals surface area contributed by atoms with Crippen LogP contribution in [0.4, 0.5) is 0 Å². The van der Waals surface area contributed by atoms with Crippen molar-refractivity contribution in [1.82, 2.24) is 9.47 Å². The summed E-state index contributed by atoms with van der Waals surface area (Å²) in [6.07, 6.45) is 1.64. The maximum Gasteiger partial charge on any atom is 0.274 e. The van der Waals surface area contributed by atoms with Gasteiger partial charge < -0.3 is 14.6 Å². The van der Waals surface area contributed by atoms with Crippen LogP contribution in [0.25, 0.3) is 0 Å². The molecule has 2 heterocycles. The van der Waals surface area contributed by atoms with Gasteiger partial charge in [-0.05, 0) is 25.0 Å². The Morgan fingerprint density at radius 3 is 1.97 bits per heavy atom. The monoisotopic (exact) mass is 388 g/mol. The quantitative estimate of drug-likeness (QED) is 0.740. The van der Waals surface area contributed by atoms with Gasteiger partial charge in [0.25, 0.3) is 5.91 Å². The van der Waals surface area contributed by atoms with E-state index in [-0.39, 0.29) is 29.6 Å². The lowest BCUT2D eigenvalue weighted by molar-refractivity contribution is 0.0588. The van der Waals surface area contributed by atoms with Gasteiger partial charge in [0.05, 0.1) is 6.04 Å². The lowest BCUT2D eigenvalue weighted by Gasteiger charge is -2.42. The molecule has 0 saturated carbocycles. The highest BCUT2D eigenvalue weighted by Crippen LogP contribution is 2.40. The number of hydrogen-bond donors (Lipinski definition) is 1. The molecule has 5 nitrogen and oxygen atoms in total. The van der Waals surface area contributed by atoms with E-state index in [1.54, 1.807) is 15.7 Å². The smallest absolute Gasteiger partial charge is 0.274 e. The topological polar surface area (TPSA) is 62.5 Å². The van der Waals surface area contributed by atoms with Crippen molar-refractivity contribution in [2.45, 2.75) is 31.8 Å². The lowest BCUT2D eigenvalue weighted by atomic mass is 9.83. The Morgan fingerprint density at radius 1 is 0.897 bits per heavy atom. The van der Waals surface area contributed by atoms with Crippen LogP contribution in [0.1, 0.15) is 47.4 Å². The molecule has 29 heavy (non-hydrogen) atoms. The minimum atomic E-state index is -0.537. The number of rotatable bonds is 4. The molecular formula is C24H24N2O3. The largest absolute Gasteiger partial charge is 0.503 e. The second-order valence-electron chi connectivity index (χ2n) is 7.70. The van der Waals surface area contributed by atoms with E-state index in [1.807, 2.05) is 50.2 Å². The summed E-state index contributed by atoms with van der Waals surface area (Å²) >= 11 is 0. The van der Waals surface area contributed by atoms with Crippen LogP contribution in [0.15, 0.2) is 77.7 Å². The zero-order valence-corrected chi connectivity index (χ0v) is 16.5. The number of hydrogen-bond acceptors (Lipinski definition) is 3. The number of nitrogens with zero attached hydrogens (tertiary/aromatic N) is 2. The zero-order chi connectivity index (χ0) is 20.5. The van der Waals surface area contributed by atoms with Crippen molar-refractivity contribution in [3.63, 3.8) is 0 Å². The number of benzene rings is 2. The Morgan fingerprint density at radius 2 is 1.45 bits per heavy atom. The molecule has 0 radical (unpaired) electrons. The summed E-state index contributed by atoms with van der Waals surface area (Å²) in [5.41, 5.74) is 1.76. The van der Waals surface area contributed by atoms with Crippen LogP contribution in [0.5, 0.6) is 5.75 Å². The van der Waals surface area contributed by atoms with Gasteiger partial charge in [0.1, 0.15) is 0 Å². The van der Waals surface area contributed by atoms with Gasteiger partial charge in [-0.25, -0.2) is 0 Å². The van der Waals surface area contributed by atoms with Gasteiger partial charge >= 0.3 is 0 Å². The number of carbonyl (C=O) groups is 1. The van der Waals surface area contributed by atoms with Crippen LogP contribution in [0.2, 0.25) is 0 Å². The molecule has 4 rings (SSSR count). The van der Waals surface area contributed by atoms with E-state index in [0.29, 0.717) is 6.54 Å². The number of pyridine rings is 1. The van der Waals surface area contributed by atoms with E-state index >= 15 is 0 Å². The average Bonchev–Trinajstić information content (AvgIpc) is 2.73. The molecule has 0 spiro atoms. The van der Waals surface area contributed by atoms with Crippen LogP contribution in [-0.2, 0) is 0 Å². The summed E-state index contributed by atoms with van der Waals surface area (Å²) in [5.74, 6) is -0.841. The fourth-order valence-corrected chi connectivity index (χ4v) is 4.21. The molecule has 0 saturated heterocycles. The molecule has 0 aliphatic carbocycles. The highest BCUT2D eigenvalue weighted by molar-refractivity contribution is 5.96. The Balaban J connectivity index is 1.95. The van der Waals surface area contributed by atoms with Crippen LogP contribution in [-0.4, -0.2) is 33.1 Å². The first kappa shape index (κ1) is 19.0. The normalized spacial score (nSPS) is 16.3. The van der Waals surface area contributed by atoms with Crippen molar-refractivity contribution in [3.8, 4) is 5.75 Å². The first-order valence-electron chi connectivity index (χ1n) is 9.84. The second-order valence-corrected chi connectivity index (χ2v) is 7.70. The minimum absolute atomic E-state index is 0.0487. The van der Waals surface area contributed by atoms with E-state index < -0.39 is 11.2 Å². The highest BCUT2D eigenvalue weighted by Gasteiger charge is 2.39. The summed E-state index contributed by atoms with van der Waals surface area (Å²) in [6, 6.07) is 21.4. The number of aromatic hydroxyl groups is 1. The van der Waals surface area contributed by atoms with Crippen molar-refractivity contribution in [1.29, 1.82) is 0 Å². The minimum Gasteiger partial charge on any atom is -0.503 e. The Hall–Kier alpha value is -3.34. The highest BCUT2D eigenvalue weighted by atomic mass is 16.3. The van der Waals surface area contributed by atoms with Crippen LogP contribution in [0.3, 0.4) is 0 Å². The van der Waals surface area contributed by atoms with Crippen LogP contribution < -0.4 is 5.43 Å². The Labute approximate surface area is 169 Å². The maximum atomic E-state index is 13.1. The van der Waals surface area contributed by atoms with Crippen molar-refractivity contribution in [2.75, 3.05) is 6.54 Å². The Kier molecular flexibility index (Phi) is 4.97. The molecule has 1 aromatic heterocycles. The fourth-order valence-electron chi connectivity index (χ4n) is 4.21. The number of carbonyl (C=O) groups excluding carboxylic acids is 1. The van der Waals surface area contributed by atoms with Crippen LogP contribution >= 0.6 is 0 Å². The van der Waals surface area contributed by atoms with Gasteiger partial charge in [-0.2, -0.15) is 0 Å². The summed E-state index contributed by atoms with van der Waals surface area (Å²) < 4.78 is 1.78. The summed E-state index contributed by atoms with van der Waals surface area (Å²) in [7, 11) is 0.